The van der Waals surface area contributed by atoms with Crippen LogP contribution in [0, 0.1) is 11.8 Å². The van der Waals surface area contributed by atoms with E-state index in [9.17, 15) is 9.50 Å². The normalized spacial score (nSPS) is 31.7. The van der Waals surface area contributed by atoms with Crippen molar-refractivity contribution in [2.24, 2.45) is 11.8 Å². The van der Waals surface area contributed by atoms with Gasteiger partial charge in [0.1, 0.15) is 17.8 Å². The zero-order chi connectivity index (χ0) is 16.7. The second-order valence-corrected chi connectivity index (χ2v) is 8.04. The van der Waals surface area contributed by atoms with Crippen LogP contribution in [0.2, 0.25) is 0 Å². The van der Waals surface area contributed by atoms with Crippen molar-refractivity contribution in [3.05, 3.63) is 22.8 Å². The smallest absolute Gasteiger partial charge is 0.139 e. The van der Waals surface area contributed by atoms with Crippen molar-refractivity contribution < 1.29 is 14.2 Å². The standard InChI is InChI=1S/C17H26FNO2P2/c1-8-5-13(9(2)15(8)20)21-14-6-11(17(18)23)16(22)10-3-4-19-7-12(10)14/h6,8-9,13,15,17,19-20H,3-5,7,22-23H2,1-2H3/t8-,9-,13+,15+,17?/m1/s1. The van der Waals surface area contributed by atoms with Gasteiger partial charge in [0.15, 0.2) is 0 Å². The highest BCUT2D eigenvalue weighted by Gasteiger charge is 2.39. The van der Waals surface area contributed by atoms with E-state index in [0.717, 1.165) is 42.5 Å². The molecule has 1 aromatic rings. The Hall–Kier alpha value is -0.270. The van der Waals surface area contributed by atoms with Crippen molar-refractivity contribution in [2.75, 3.05) is 6.54 Å². The van der Waals surface area contributed by atoms with Gasteiger partial charge in [0.25, 0.3) is 0 Å². The molecule has 1 aliphatic heterocycles. The van der Waals surface area contributed by atoms with Crippen molar-refractivity contribution in [2.45, 2.75) is 51.4 Å². The fraction of sp³-hybridized carbons (Fsp3) is 0.647. The number of nitrogens with one attached hydrogen (secondary N) is 1. The summed E-state index contributed by atoms with van der Waals surface area (Å²) in [6.45, 7) is 5.74. The average Bonchev–Trinajstić information content (AvgIpc) is 2.77. The number of rotatable bonds is 3. The third-order valence-electron chi connectivity index (χ3n) is 5.33. The highest BCUT2D eigenvalue weighted by atomic mass is 31.0. The van der Waals surface area contributed by atoms with Crippen LogP contribution in [-0.4, -0.2) is 23.9 Å². The van der Waals surface area contributed by atoms with Gasteiger partial charge in [-0.1, -0.05) is 23.1 Å². The first-order chi connectivity index (χ1) is 10.9. The maximum absolute atomic E-state index is 14.0. The predicted molar refractivity (Wildman–Crippen MR) is 98.1 cm³/mol. The Labute approximate surface area is 142 Å². The van der Waals surface area contributed by atoms with Crippen LogP contribution in [0.25, 0.3) is 0 Å². The quantitative estimate of drug-likeness (QED) is 0.817. The second kappa shape index (κ2) is 6.92. The van der Waals surface area contributed by atoms with Crippen LogP contribution in [0.5, 0.6) is 5.75 Å². The molecule has 3 unspecified atom stereocenters. The minimum atomic E-state index is -1.10. The molecule has 1 heterocycles. The fourth-order valence-corrected chi connectivity index (χ4v) is 4.84. The lowest BCUT2D eigenvalue weighted by Gasteiger charge is -2.28. The van der Waals surface area contributed by atoms with Gasteiger partial charge in [-0.2, -0.15) is 0 Å². The molecule has 1 fully saturated rings. The Morgan fingerprint density at radius 2 is 2.13 bits per heavy atom. The summed E-state index contributed by atoms with van der Waals surface area (Å²) in [5, 5.41) is 14.5. The second-order valence-electron chi connectivity index (χ2n) is 6.88. The zero-order valence-electron chi connectivity index (χ0n) is 13.7. The van der Waals surface area contributed by atoms with Gasteiger partial charge in [-0.25, -0.2) is 4.39 Å². The summed E-state index contributed by atoms with van der Waals surface area (Å²) in [6.07, 6.45) is 1.37. The van der Waals surface area contributed by atoms with Crippen LogP contribution in [0.4, 0.5) is 4.39 Å². The molecule has 23 heavy (non-hydrogen) atoms. The minimum absolute atomic E-state index is 0.0168. The first-order valence-electron chi connectivity index (χ1n) is 8.29. The maximum Gasteiger partial charge on any atom is 0.139 e. The lowest BCUT2D eigenvalue weighted by atomic mass is 9.96. The van der Waals surface area contributed by atoms with E-state index in [1.54, 1.807) is 0 Å². The minimum Gasteiger partial charge on any atom is -0.490 e. The van der Waals surface area contributed by atoms with Gasteiger partial charge in [-0.15, -0.1) is 9.24 Å². The molecule has 3 rings (SSSR count). The summed E-state index contributed by atoms with van der Waals surface area (Å²) in [4.78, 5) is 0. The van der Waals surface area contributed by atoms with Crippen LogP contribution in [0.15, 0.2) is 6.07 Å². The molecule has 0 aromatic heterocycles. The molecule has 3 nitrogen and oxygen atoms in total. The lowest BCUT2D eigenvalue weighted by molar-refractivity contribution is 0.0749. The number of aliphatic hydroxyl groups is 1. The highest BCUT2D eigenvalue weighted by Crippen LogP contribution is 2.38. The average molecular weight is 357 g/mol. The van der Waals surface area contributed by atoms with Crippen molar-refractivity contribution in [1.82, 2.24) is 5.32 Å². The first-order valence-corrected chi connectivity index (χ1v) is 9.53. The number of hydrogen-bond acceptors (Lipinski definition) is 3. The molecule has 7 atom stereocenters. The molecular formula is C17H26FNO2P2. The molecule has 6 heteroatoms. The topological polar surface area (TPSA) is 41.5 Å². The number of benzene rings is 1. The van der Waals surface area contributed by atoms with E-state index in [1.807, 2.05) is 13.0 Å². The number of hydrogen-bond donors (Lipinski definition) is 2. The molecule has 2 aliphatic rings. The number of alkyl halides is 1. The molecular weight excluding hydrogens is 331 g/mol. The van der Waals surface area contributed by atoms with Gasteiger partial charge in [-0.05, 0) is 42.2 Å². The maximum atomic E-state index is 14.0. The van der Waals surface area contributed by atoms with E-state index in [2.05, 4.69) is 30.7 Å². The summed E-state index contributed by atoms with van der Waals surface area (Å²) < 4.78 is 20.3. The largest absolute Gasteiger partial charge is 0.490 e. The van der Waals surface area contributed by atoms with E-state index in [4.69, 9.17) is 4.74 Å². The lowest BCUT2D eigenvalue weighted by Crippen LogP contribution is -2.31. The molecule has 0 spiro atoms. The van der Waals surface area contributed by atoms with Crippen LogP contribution >= 0.6 is 18.5 Å². The number of fused-ring (bicyclic) bond motifs is 1. The van der Waals surface area contributed by atoms with Gasteiger partial charge in [-0.3, -0.25) is 0 Å². The van der Waals surface area contributed by atoms with E-state index < -0.39 is 5.91 Å². The molecule has 2 N–H and O–H groups in total. The fourth-order valence-electron chi connectivity index (χ4n) is 3.81. The summed E-state index contributed by atoms with van der Waals surface area (Å²) in [5.41, 5.74) is 2.98. The van der Waals surface area contributed by atoms with E-state index in [-0.39, 0.29) is 24.0 Å². The van der Waals surface area contributed by atoms with Gasteiger partial charge in [0.05, 0.1) is 6.10 Å². The number of ether oxygens (including phenoxy) is 1. The Bertz CT molecular complexity index is 596. The number of halogens is 1. The third-order valence-corrected chi connectivity index (χ3v) is 6.37. The van der Waals surface area contributed by atoms with Crippen LogP contribution in [0.1, 0.15) is 42.9 Å². The number of aliphatic hydroxyl groups excluding tert-OH is 1. The van der Waals surface area contributed by atoms with Crippen molar-refractivity contribution in [1.29, 1.82) is 0 Å². The monoisotopic (exact) mass is 357 g/mol. The summed E-state index contributed by atoms with van der Waals surface area (Å²) >= 11 is 0. The SMILES string of the molecule is C[C@H]1[C@@H](O)[C@H](C)C[C@@H]1Oc1cc(C(F)P)c(P)c2c1CNCC2. The first kappa shape index (κ1) is 17.5. The van der Waals surface area contributed by atoms with Gasteiger partial charge >= 0.3 is 0 Å². The molecule has 1 aromatic carbocycles. The summed E-state index contributed by atoms with van der Waals surface area (Å²) in [6, 6.07) is 1.84. The van der Waals surface area contributed by atoms with Crippen molar-refractivity contribution in [3.63, 3.8) is 0 Å². The molecule has 128 valence electrons. The van der Waals surface area contributed by atoms with Crippen molar-refractivity contribution >= 4 is 23.8 Å². The Kier molecular flexibility index (Phi) is 5.28. The molecule has 0 radical (unpaired) electrons. The summed E-state index contributed by atoms with van der Waals surface area (Å²) in [5.74, 6) is 0.000726. The van der Waals surface area contributed by atoms with Gasteiger partial charge in [0.2, 0.25) is 0 Å². The molecule has 1 aliphatic carbocycles. The third kappa shape index (κ3) is 3.29. The van der Waals surface area contributed by atoms with Crippen LogP contribution in [0.3, 0.4) is 0 Å². The Balaban J connectivity index is 1.97. The predicted octanol–water partition coefficient (Wildman–Crippen LogP) is 2.46. The van der Waals surface area contributed by atoms with E-state index >= 15 is 0 Å². The van der Waals surface area contributed by atoms with E-state index in [1.165, 1.54) is 5.56 Å². The van der Waals surface area contributed by atoms with Gasteiger partial charge < -0.3 is 15.2 Å². The zero-order valence-corrected chi connectivity index (χ0v) is 16.0. The van der Waals surface area contributed by atoms with Crippen LogP contribution in [-0.2, 0) is 13.0 Å². The molecule has 0 saturated heterocycles. The highest BCUT2D eigenvalue weighted by molar-refractivity contribution is 7.28. The Morgan fingerprint density at radius 1 is 1.39 bits per heavy atom. The van der Waals surface area contributed by atoms with E-state index in [0.29, 0.717) is 5.56 Å². The molecule has 0 amide bonds. The molecule has 0 bridgehead atoms. The van der Waals surface area contributed by atoms with Gasteiger partial charge in [0, 0.05) is 23.6 Å². The summed E-state index contributed by atoms with van der Waals surface area (Å²) in [7, 11) is 4.93. The van der Waals surface area contributed by atoms with Crippen LogP contribution < -0.4 is 15.4 Å². The Morgan fingerprint density at radius 3 is 2.74 bits per heavy atom. The molecule has 1 saturated carbocycles. The van der Waals surface area contributed by atoms with Crippen molar-refractivity contribution in [3.8, 4) is 5.75 Å².